The van der Waals surface area contributed by atoms with Crippen LogP contribution in [-0.2, 0) is 24.4 Å². The maximum atomic E-state index is 12.4. The van der Waals surface area contributed by atoms with Crippen LogP contribution in [0.2, 0.25) is 0 Å². The van der Waals surface area contributed by atoms with Gasteiger partial charge in [0.05, 0.1) is 10.9 Å². The quantitative estimate of drug-likeness (QED) is 0.585. The third-order valence-electron chi connectivity index (χ3n) is 4.01. The number of carboxylic acids is 1. The second-order valence-electron chi connectivity index (χ2n) is 6.08. The fraction of sp³-hybridized carbons (Fsp3) is 0.438. The van der Waals surface area contributed by atoms with Gasteiger partial charge in [0.2, 0.25) is 21.8 Å². The summed E-state index contributed by atoms with van der Waals surface area (Å²) >= 11 is 0. The Morgan fingerprint density at radius 2 is 1.81 bits per heavy atom. The van der Waals surface area contributed by atoms with Gasteiger partial charge in [-0.15, -0.1) is 0 Å². The minimum atomic E-state index is -3.97. The van der Waals surface area contributed by atoms with Gasteiger partial charge in [-0.2, -0.15) is 4.72 Å². The molecule has 1 aromatic rings. The van der Waals surface area contributed by atoms with Crippen molar-refractivity contribution >= 4 is 33.5 Å². The molecular weight excluding hydrogens is 378 g/mol. The highest BCUT2D eigenvalue weighted by atomic mass is 32.2. The van der Waals surface area contributed by atoms with E-state index in [1.807, 2.05) is 0 Å². The van der Waals surface area contributed by atoms with E-state index >= 15 is 0 Å². The summed E-state index contributed by atoms with van der Waals surface area (Å²) in [6.07, 6.45) is 0.915. The highest BCUT2D eigenvalue weighted by molar-refractivity contribution is 7.89. The number of anilines is 1. The summed E-state index contributed by atoms with van der Waals surface area (Å²) in [5.74, 6) is -1.95. The third-order valence-corrected chi connectivity index (χ3v) is 5.56. The number of hydrogen-bond donors (Lipinski definition) is 3. The fourth-order valence-electron chi connectivity index (χ4n) is 2.81. The van der Waals surface area contributed by atoms with E-state index in [4.69, 9.17) is 5.11 Å². The number of sulfonamides is 1. The second kappa shape index (κ2) is 8.93. The standard InChI is InChI=1S/C16H21N3O6S.H2O/c1-10(15(21)19-9-3-4-14(19)16(22)23)18-26(24,25)13-7-5-12(6-8-13)17-11(2)20;/h5-8,10,14,18H,3-4,9H2,1-2H3,(H,17,20)(H,22,23);1H2/t10-,14-;/m0./s1. The molecule has 1 aliphatic rings. The molecule has 1 heterocycles. The molecule has 2 rings (SSSR count). The predicted octanol–water partition coefficient (Wildman–Crippen LogP) is -0.437. The van der Waals surface area contributed by atoms with Gasteiger partial charge < -0.3 is 20.8 Å². The second-order valence-corrected chi connectivity index (χ2v) is 7.79. The minimum absolute atomic E-state index is 0. The Balaban J connectivity index is 0.00000364. The maximum absolute atomic E-state index is 12.4. The van der Waals surface area contributed by atoms with Crippen molar-refractivity contribution in [2.45, 2.75) is 43.7 Å². The number of nitrogens with one attached hydrogen (secondary N) is 2. The van der Waals surface area contributed by atoms with E-state index in [-0.39, 0.29) is 22.8 Å². The Kier molecular flexibility index (Phi) is 7.46. The highest BCUT2D eigenvalue weighted by Crippen LogP contribution is 2.19. The number of carbonyl (C=O) groups is 3. The minimum Gasteiger partial charge on any atom is -0.480 e. The van der Waals surface area contributed by atoms with Gasteiger partial charge in [-0.05, 0) is 44.0 Å². The van der Waals surface area contributed by atoms with Crippen LogP contribution >= 0.6 is 0 Å². The summed E-state index contributed by atoms with van der Waals surface area (Å²) in [5, 5.41) is 11.7. The maximum Gasteiger partial charge on any atom is 0.326 e. The number of aliphatic carboxylic acids is 1. The fourth-order valence-corrected chi connectivity index (χ4v) is 4.00. The van der Waals surface area contributed by atoms with E-state index in [1.165, 1.54) is 43.0 Å². The van der Waals surface area contributed by atoms with Crippen LogP contribution in [0.5, 0.6) is 0 Å². The molecule has 2 atom stereocenters. The first-order valence-corrected chi connectivity index (χ1v) is 9.53. The Morgan fingerprint density at radius 1 is 1.22 bits per heavy atom. The first kappa shape index (κ1) is 22.5. The van der Waals surface area contributed by atoms with Gasteiger partial charge in [0, 0.05) is 19.2 Å². The lowest BCUT2D eigenvalue weighted by atomic mass is 10.2. The van der Waals surface area contributed by atoms with Gasteiger partial charge in [0.1, 0.15) is 6.04 Å². The average molecular weight is 401 g/mol. The zero-order valence-corrected chi connectivity index (χ0v) is 15.7. The number of carbonyl (C=O) groups excluding carboxylic acids is 2. The number of rotatable bonds is 6. The molecule has 1 saturated heterocycles. The number of nitrogens with zero attached hydrogens (tertiary/aromatic N) is 1. The van der Waals surface area contributed by atoms with Crippen molar-refractivity contribution < 1.29 is 33.4 Å². The normalized spacial score (nSPS) is 17.7. The van der Waals surface area contributed by atoms with Crippen molar-refractivity contribution in [2.24, 2.45) is 0 Å². The molecule has 150 valence electrons. The Morgan fingerprint density at radius 3 is 2.33 bits per heavy atom. The van der Waals surface area contributed by atoms with Crippen LogP contribution < -0.4 is 10.0 Å². The number of benzene rings is 1. The van der Waals surface area contributed by atoms with Crippen LogP contribution in [0.15, 0.2) is 29.2 Å². The zero-order chi connectivity index (χ0) is 19.5. The van der Waals surface area contributed by atoms with E-state index in [9.17, 15) is 22.8 Å². The first-order valence-electron chi connectivity index (χ1n) is 8.05. The summed E-state index contributed by atoms with van der Waals surface area (Å²) < 4.78 is 27.1. The van der Waals surface area contributed by atoms with E-state index in [0.29, 0.717) is 18.5 Å². The lowest BCUT2D eigenvalue weighted by Gasteiger charge is -2.25. The zero-order valence-electron chi connectivity index (χ0n) is 14.9. The Labute approximate surface area is 156 Å². The first-order chi connectivity index (χ1) is 12.1. The van der Waals surface area contributed by atoms with Crippen LogP contribution in [-0.4, -0.2) is 60.3 Å². The molecule has 0 saturated carbocycles. The van der Waals surface area contributed by atoms with Gasteiger partial charge in [0.15, 0.2) is 0 Å². The molecule has 0 spiro atoms. The monoisotopic (exact) mass is 401 g/mol. The SMILES string of the molecule is CC(=O)Nc1ccc(S(=O)(=O)N[C@@H](C)C(=O)N2CCC[C@H]2C(=O)O)cc1.O. The van der Waals surface area contributed by atoms with Crippen LogP contribution in [0.4, 0.5) is 5.69 Å². The topological polar surface area (TPSA) is 164 Å². The molecule has 1 aromatic carbocycles. The molecule has 1 aliphatic heterocycles. The summed E-state index contributed by atoms with van der Waals surface area (Å²) in [7, 11) is -3.97. The van der Waals surface area contributed by atoms with Gasteiger partial charge in [-0.25, -0.2) is 13.2 Å². The number of carboxylic acid groups (broad SMARTS) is 1. The largest absolute Gasteiger partial charge is 0.480 e. The molecule has 0 unspecified atom stereocenters. The Hall–Kier alpha value is -2.50. The lowest BCUT2D eigenvalue weighted by molar-refractivity contribution is -0.148. The third kappa shape index (κ3) is 5.49. The molecular formula is C16H23N3O7S. The summed E-state index contributed by atoms with van der Waals surface area (Å²) in [5.41, 5.74) is 0.446. The van der Waals surface area contributed by atoms with Gasteiger partial charge in [-0.3, -0.25) is 9.59 Å². The molecule has 2 amide bonds. The predicted molar refractivity (Wildman–Crippen MR) is 96.5 cm³/mol. The Bertz CT molecular complexity index is 808. The molecule has 0 bridgehead atoms. The summed E-state index contributed by atoms with van der Waals surface area (Å²) in [6.45, 7) is 3.00. The molecule has 1 fully saturated rings. The molecule has 0 aliphatic carbocycles. The number of likely N-dealkylation sites (tertiary alicyclic amines) is 1. The van der Waals surface area contributed by atoms with Crippen LogP contribution in [0, 0.1) is 0 Å². The van der Waals surface area contributed by atoms with E-state index < -0.39 is 34.0 Å². The van der Waals surface area contributed by atoms with Crippen LogP contribution in [0.25, 0.3) is 0 Å². The van der Waals surface area contributed by atoms with Crippen molar-refractivity contribution in [3.05, 3.63) is 24.3 Å². The molecule has 11 heteroatoms. The van der Waals surface area contributed by atoms with E-state index in [1.54, 1.807) is 0 Å². The van der Waals surface area contributed by atoms with Crippen LogP contribution in [0.3, 0.4) is 0 Å². The van der Waals surface area contributed by atoms with Crippen molar-refractivity contribution in [1.82, 2.24) is 9.62 Å². The molecule has 0 radical (unpaired) electrons. The average Bonchev–Trinajstić information content (AvgIpc) is 3.03. The summed E-state index contributed by atoms with van der Waals surface area (Å²) in [6, 6.07) is 3.45. The number of amides is 2. The van der Waals surface area contributed by atoms with Gasteiger partial charge in [-0.1, -0.05) is 0 Å². The smallest absolute Gasteiger partial charge is 0.326 e. The lowest BCUT2D eigenvalue weighted by Crippen LogP contribution is -2.50. The summed E-state index contributed by atoms with van der Waals surface area (Å²) in [4.78, 5) is 35.7. The van der Waals surface area contributed by atoms with Crippen molar-refractivity contribution in [1.29, 1.82) is 0 Å². The molecule has 10 nitrogen and oxygen atoms in total. The van der Waals surface area contributed by atoms with Crippen LogP contribution in [0.1, 0.15) is 26.7 Å². The van der Waals surface area contributed by atoms with Gasteiger partial charge in [0.25, 0.3) is 0 Å². The molecule has 0 aromatic heterocycles. The van der Waals surface area contributed by atoms with E-state index in [2.05, 4.69) is 10.0 Å². The van der Waals surface area contributed by atoms with Gasteiger partial charge >= 0.3 is 5.97 Å². The molecule has 27 heavy (non-hydrogen) atoms. The van der Waals surface area contributed by atoms with E-state index in [0.717, 1.165) is 0 Å². The molecule has 5 N–H and O–H groups in total. The van der Waals surface area contributed by atoms with Crippen molar-refractivity contribution in [3.8, 4) is 0 Å². The highest BCUT2D eigenvalue weighted by Gasteiger charge is 2.36. The van der Waals surface area contributed by atoms with Crippen molar-refractivity contribution in [3.63, 3.8) is 0 Å². The number of hydrogen-bond acceptors (Lipinski definition) is 5. The van der Waals surface area contributed by atoms with Crippen molar-refractivity contribution in [2.75, 3.05) is 11.9 Å².